The molecule has 0 bridgehead atoms. The zero-order chi connectivity index (χ0) is 54.5. The minimum absolute atomic E-state index is 0. The molecule has 9 aromatic rings. The number of nitrogens with one attached hydrogen (secondary N) is 3. The van der Waals surface area contributed by atoms with Gasteiger partial charge in [0.2, 0.25) is 17.8 Å². The molecule has 3 aromatic carbocycles. The summed E-state index contributed by atoms with van der Waals surface area (Å²) in [5.41, 5.74) is 18.8. The fourth-order valence-corrected chi connectivity index (χ4v) is 8.94. The van der Waals surface area contributed by atoms with Crippen LogP contribution in [0.25, 0.3) is 33.8 Å². The lowest BCUT2D eigenvalue weighted by atomic mass is 10.2. The number of nitrogens with zero attached hydrogens (tertiary/aromatic N) is 13. The number of halogens is 1. The molecule has 2 aliphatic rings. The molecule has 21 nitrogen and oxygen atoms in total. The molecule has 0 amide bonds. The van der Waals surface area contributed by atoms with Crippen LogP contribution in [0.5, 0.6) is 0 Å². The van der Waals surface area contributed by atoms with E-state index in [9.17, 15) is 20.2 Å². The summed E-state index contributed by atoms with van der Waals surface area (Å²) < 4.78 is 0.850. The van der Waals surface area contributed by atoms with Crippen LogP contribution >= 0.6 is 15.9 Å². The maximum absolute atomic E-state index is 11.0. The summed E-state index contributed by atoms with van der Waals surface area (Å²) in [6, 6.07) is 26.7. The Kier molecular flexibility index (Phi) is 17.0. The van der Waals surface area contributed by atoms with E-state index in [0.717, 1.165) is 92.5 Å². The molecule has 78 heavy (non-hydrogen) atoms. The number of pyridine rings is 3. The summed E-state index contributed by atoms with van der Waals surface area (Å²) in [6.45, 7) is 10.0. The van der Waals surface area contributed by atoms with Gasteiger partial charge in [-0.1, -0.05) is 18.2 Å². The van der Waals surface area contributed by atoms with Gasteiger partial charge in [0.1, 0.15) is 0 Å². The van der Waals surface area contributed by atoms with Crippen molar-refractivity contribution in [3.8, 4) is 33.8 Å². The zero-order valence-electron chi connectivity index (χ0n) is 42.9. The Balaban J connectivity index is 0.000000156. The van der Waals surface area contributed by atoms with Crippen molar-refractivity contribution in [2.75, 3.05) is 57.7 Å². The fraction of sp³-hybridized carbons (Fsp3) is 0.196. The lowest BCUT2D eigenvalue weighted by molar-refractivity contribution is -0.385. The Hall–Kier alpha value is -9.57. The molecule has 6 aromatic heterocycles. The van der Waals surface area contributed by atoms with Crippen molar-refractivity contribution in [2.24, 2.45) is 0 Å². The predicted octanol–water partition coefficient (Wildman–Crippen LogP) is 12.4. The Labute approximate surface area is 459 Å². The number of hydrogen-bond donors (Lipinski definition) is 4. The second-order valence-electron chi connectivity index (χ2n) is 18.4. The second-order valence-corrected chi connectivity index (χ2v) is 19.3. The van der Waals surface area contributed by atoms with Crippen molar-refractivity contribution in [1.29, 1.82) is 0 Å². The number of nitro benzene ring substituents is 2. The number of rotatable bonds is 13. The van der Waals surface area contributed by atoms with E-state index in [1.165, 1.54) is 49.9 Å². The normalized spacial score (nSPS) is 12.7. The van der Waals surface area contributed by atoms with Crippen LogP contribution in [0.15, 0.2) is 151 Å². The monoisotopic (exact) mass is 1110 g/mol. The van der Waals surface area contributed by atoms with E-state index in [1.54, 1.807) is 55.4 Å². The van der Waals surface area contributed by atoms with E-state index in [-0.39, 0.29) is 12.8 Å². The van der Waals surface area contributed by atoms with E-state index >= 15 is 0 Å². The smallest absolute Gasteiger partial charge is 0.271 e. The summed E-state index contributed by atoms with van der Waals surface area (Å²) in [6.07, 6.45) is 20.8. The molecule has 2 saturated heterocycles. The highest BCUT2D eigenvalue weighted by Crippen LogP contribution is 2.31. The molecule has 0 radical (unpaired) electrons. The highest BCUT2D eigenvalue weighted by molar-refractivity contribution is 9.10. The maximum Gasteiger partial charge on any atom is 0.271 e. The molecule has 11 rings (SSSR count). The topological polar surface area (TPSA) is 271 Å². The van der Waals surface area contributed by atoms with E-state index in [0.29, 0.717) is 40.6 Å². The first-order chi connectivity index (χ1) is 37.8. The first-order valence-electron chi connectivity index (χ1n) is 25.0. The fourth-order valence-electron chi connectivity index (χ4n) is 8.58. The maximum atomic E-state index is 11.0. The Morgan fingerprint density at radius 2 is 0.872 bits per heavy atom. The third-order valence-corrected chi connectivity index (χ3v) is 13.2. The number of nitrogens with two attached hydrogens (primary N) is 1. The summed E-state index contributed by atoms with van der Waals surface area (Å²) in [5, 5.41) is 31.3. The third kappa shape index (κ3) is 13.8. The summed E-state index contributed by atoms with van der Waals surface area (Å²) >= 11 is 3.38. The Morgan fingerprint density at radius 1 is 0.500 bits per heavy atom. The van der Waals surface area contributed by atoms with Gasteiger partial charge in [-0.15, -0.1) is 0 Å². The van der Waals surface area contributed by atoms with Gasteiger partial charge in [0.25, 0.3) is 11.4 Å². The van der Waals surface area contributed by atoms with Gasteiger partial charge in [0.05, 0.1) is 62.1 Å². The molecular formula is C56H56BrN17O4. The van der Waals surface area contributed by atoms with Crippen molar-refractivity contribution in [3.63, 3.8) is 0 Å². The molecule has 0 atom stereocenters. The average molecular weight is 1110 g/mol. The number of aromatic nitrogens is 9. The zero-order valence-corrected chi connectivity index (χ0v) is 44.5. The summed E-state index contributed by atoms with van der Waals surface area (Å²) in [4.78, 5) is 65.1. The number of nitrogen functional groups attached to an aromatic ring is 1. The molecule has 0 unspecified atom stereocenters. The van der Waals surface area contributed by atoms with Crippen LogP contribution in [0.4, 0.5) is 63.3 Å². The third-order valence-electron chi connectivity index (χ3n) is 12.8. The van der Waals surface area contributed by atoms with Crippen LogP contribution in [0, 0.1) is 41.0 Å². The van der Waals surface area contributed by atoms with E-state index in [1.807, 2.05) is 75.8 Å². The standard InChI is InChI=1S/C20H20N6O2.C20H22N6.C16H12BrN5O2.H2/c1-14-4-5-16(26(27)28)11-19(14)24-20-22-7-6-18(23-20)15-10-17(13-21-12-15)25-8-2-3-9-25;1-14-4-5-16(21)11-19(14)25-20-23-7-6-18(24-20)15-10-17(13-22-12-15)26-8-2-3-9-26;1-10-2-3-13(22(23)24)7-15(10)21-16-19-5-4-14(20-16)11-6-12(17)9-18-8-11;/h4-7,10-13H,2-3,8-9H2,1H3,(H,22,23,24);4-7,10-13H,2-3,8-9,21H2,1H3,(H,23,24,25);2-9H,1H3,(H,19,20,21);1H. The Morgan fingerprint density at radius 3 is 1.27 bits per heavy atom. The van der Waals surface area contributed by atoms with Gasteiger partial charge in [0, 0.05) is 128 Å². The van der Waals surface area contributed by atoms with Crippen LogP contribution < -0.4 is 31.5 Å². The molecule has 5 N–H and O–H groups in total. The number of anilines is 9. The van der Waals surface area contributed by atoms with Crippen LogP contribution in [0.2, 0.25) is 0 Å². The highest BCUT2D eigenvalue weighted by Gasteiger charge is 2.17. The molecule has 0 aliphatic carbocycles. The van der Waals surface area contributed by atoms with Crippen LogP contribution in [-0.2, 0) is 0 Å². The lowest BCUT2D eigenvalue weighted by Gasteiger charge is -2.17. The number of nitro groups is 2. The van der Waals surface area contributed by atoms with E-state index in [4.69, 9.17) is 5.73 Å². The highest BCUT2D eigenvalue weighted by atomic mass is 79.9. The van der Waals surface area contributed by atoms with Gasteiger partial charge in [0.15, 0.2) is 0 Å². The van der Waals surface area contributed by atoms with Gasteiger partial charge in [-0.25, -0.2) is 29.9 Å². The number of benzene rings is 3. The van der Waals surface area contributed by atoms with Gasteiger partial charge < -0.3 is 31.5 Å². The number of aryl methyl sites for hydroxylation is 3. The van der Waals surface area contributed by atoms with E-state index < -0.39 is 9.85 Å². The summed E-state index contributed by atoms with van der Waals surface area (Å²) in [7, 11) is 0. The Bertz CT molecular complexity index is 3600. The number of non-ortho nitro benzene ring substituents is 2. The van der Waals surface area contributed by atoms with Crippen LogP contribution in [0.1, 0.15) is 43.8 Å². The molecule has 0 spiro atoms. The van der Waals surface area contributed by atoms with Gasteiger partial charge in [-0.2, -0.15) is 0 Å². The average Bonchev–Trinajstić information content (AvgIpc) is 4.23. The van der Waals surface area contributed by atoms with Gasteiger partial charge >= 0.3 is 0 Å². The van der Waals surface area contributed by atoms with Crippen molar-refractivity contribution >= 4 is 79.3 Å². The molecule has 2 fully saturated rings. The van der Waals surface area contributed by atoms with Crippen LogP contribution in [0.3, 0.4) is 0 Å². The molecule has 396 valence electrons. The SMILES string of the molecule is Cc1ccc(N)cc1Nc1nccc(-c2cncc(N3CCCC3)c2)n1.Cc1ccc([N+](=O)[O-])cc1Nc1nccc(-c2cncc(Br)c2)n1.Cc1ccc([N+](=O)[O-])cc1Nc1nccc(-c2cncc(N3CCCC3)c2)n1.[HH]. The number of hydrogen-bond acceptors (Lipinski definition) is 19. The molecule has 0 saturated carbocycles. The molecule has 22 heteroatoms. The second kappa shape index (κ2) is 24.8. The molecular weight excluding hydrogens is 1050 g/mol. The lowest BCUT2D eigenvalue weighted by Crippen LogP contribution is -2.17. The summed E-state index contributed by atoms with van der Waals surface area (Å²) in [5.74, 6) is 1.28. The molecule has 8 heterocycles. The van der Waals surface area contributed by atoms with Crippen molar-refractivity contribution in [3.05, 3.63) is 188 Å². The van der Waals surface area contributed by atoms with Crippen molar-refractivity contribution in [1.82, 2.24) is 44.9 Å². The minimum atomic E-state index is -0.435. The first kappa shape index (κ1) is 53.3. The minimum Gasteiger partial charge on any atom is -0.399 e. The molecule has 2 aliphatic heterocycles. The van der Waals surface area contributed by atoms with Crippen LogP contribution in [-0.4, -0.2) is 80.9 Å². The quantitative estimate of drug-likeness (QED) is 0.0474. The predicted molar refractivity (Wildman–Crippen MR) is 310 cm³/mol. The van der Waals surface area contributed by atoms with Gasteiger partial charge in [-0.3, -0.25) is 35.2 Å². The van der Waals surface area contributed by atoms with Gasteiger partial charge in [-0.05, 0) is 128 Å². The van der Waals surface area contributed by atoms with E-state index in [2.05, 4.69) is 98.7 Å². The van der Waals surface area contributed by atoms with Crippen molar-refractivity contribution < 1.29 is 11.3 Å². The largest absolute Gasteiger partial charge is 0.399 e. The van der Waals surface area contributed by atoms with Crippen molar-refractivity contribution in [2.45, 2.75) is 46.5 Å². The first-order valence-corrected chi connectivity index (χ1v) is 25.8.